The van der Waals surface area contributed by atoms with Crippen LogP contribution >= 0.6 is 11.3 Å². The lowest BCUT2D eigenvalue weighted by Gasteiger charge is -2.29. The van der Waals surface area contributed by atoms with Crippen molar-refractivity contribution in [3.05, 3.63) is 143 Å². The Hall–Kier alpha value is -6.07. The summed E-state index contributed by atoms with van der Waals surface area (Å²) in [6.07, 6.45) is 5.14. The average Bonchev–Trinajstić information content (AvgIpc) is 4.07. The van der Waals surface area contributed by atoms with Crippen molar-refractivity contribution in [2.45, 2.75) is 76.6 Å². The zero-order valence-corrected chi connectivity index (χ0v) is 33.9. The molecule has 296 valence electrons. The normalized spacial score (nSPS) is 17.3. The maximum Gasteiger partial charge on any atom is 0.408 e. The van der Waals surface area contributed by atoms with E-state index in [1.807, 2.05) is 76.7 Å². The van der Waals surface area contributed by atoms with E-state index in [-0.39, 0.29) is 23.9 Å². The van der Waals surface area contributed by atoms with Crippen LogP contribution < -0.4 is 5.32 Å². The summed E-state index contributed by atoms with van der Waals surface area (Å²) >= 11 is 1.56. The van der Waals surface area contributed by atoms with Gasteiger partial charge in [-0.15, -0.1) is 11.3 Å². The van der Waals surface area contributed by atoms with Crippen LogP contribution in [0, 0.1) is 0 Å². The highest BCUT2D eigenvalue weighted by molar-refractivity contribution is 7.10. The molecule has 0 unspecified atom stereocenters. The summed E-state index contributed by atoms with van der Waals surface area (Å²) in [5, 5.41) is 5.77. The number of hydrogen-bond donors (Lipinski definition) is 2. The highest BCUT2D eigenvalue weighted by Gasteiger charge is 2.38. The summed E-state index contributed by atoms with van der Waals surface area (Å²) in [5.74, 6) is 0.789. The fourth-order valence-electron chi connectivity index (χ4n) is 7.93. The van der Waals surface area contributed by atoms with Crippen LogP contribution in [0.2, 0.25) is 0 Å². The highest BCUT2D eigenvalue weighted by atomic mass is 32.1. The Morgan fingerprint density at radius 3 is 2.07 bits per heavy atom. The molecule has 0 saturated carbocycles. The second-order valence-corrected chi connectivity index (χ2v) is 16.9. The Morgan fingerprint density at radius 2 is 1.40 bits per heavy atom. The van der Waals surface area contributed by atoms with Crippen molar-refractivity contribution in [2.24, 2.45) is 0 Å². The molecule has 3 atom stereocenters. The SMILES string of the molecule is CC(C)(C)OC(=O)N[C@@H](C(=O)N1CCC[C@H]1c1nc(-c2ccc(-c3ccc(-c4cnc([C@@H]5CCCN5C(=O)Cc5ccccc5)[nH]4)cc3)cc2)cs1)c1ccccc1. The first-order chi connectivity index (χ1) is 28.1. The van der Waals surface area contributed by atoms with Crippen LogP contribution in [0.5, 0.6) is 0 Å². The predicted octanol–water partition coefficient (Wildman–Crippen LogP) is 9.70. The molecule has 4 heterocycles. The number of aromatic nitrogens is 3. The van der Waals surface area contributed by atoms with Gasteiger partial charge in [-0.3, -0.25) is 9.59 Å². The first-order valence-electron chi connectivity index (χ1n) is 20.0. The van der Waals surface area contributed by atoms with E-state index in [9.17, 15) is 14.4 Å². The molecular weight excluding hydrogens is 745 g/mol. The summed E-state index contributed by atoms with van der Waals surface area (Å²) in [7, 11) is 0. The number of nitrogens with zero attached hydrogens (tertiary/aromatic N) is 4. The number of ether oxygens (including phenoxy) is 1. The van der Waals surface area contributed by atoms with Crippen molar-refractivity contribution < 1.29 is 19.1 Å². The minimum absolute atomic E-state index is 0.0451. The quantitative estimate of drug-likeness (QED) is 0.143. The zero-order valence-electron chi connectivity index (χ0n) is 33.1. The van der Waals surface area contributed by atoms with Gasteiger partial charge in [-0.2, -0.15) is 0 Å². The van der Waals surface area contributed by atoms with E-state index < -0.39 is 17.7 Å². The lowest BCUT2D eigenvalue weighted by Crippen LogP contribution is -2.44. The molecule has 6 aromatic rings. The minimum Gasteiger partial charge on any atom is -0.444 e. The topological polar surface area (TPSA) is 121 Å². The van der Waals surface area contributed by atoms with Gasteiger partial charge in [-0.1, -0.05) is 109 Å². The molecule has 2 saturated heterocycles. The smallest absolute Gasteiger partial charge is 0.408 e. The van der Waals surface area contributed by atoms with Gasteiger partial charge in [0, 0.05) is 24.0 Å². The van der Waals surface area contributed by atoms with Gasteiger partial charge in [0.05, 0.1) is 36.1 Å². The molecule has 0 radical (unpaired) electrons. The average molecular weight is 793 g/mol. The van der Waals surface area contributed by atoms with E-state index in [2.05, 4.69) is 64.2 Å². The Kier molecular flexibility index (Phi) is 11.2. The van der Waals surface area contributed by atoms with Crippen LogP contribution in [0.3, 0.4) is 0 Å². The number of nitrogens with one attached hydrogen (secondary N) is 2. The Balaban J connectivity index is 0.919. The first-order valence-corrected chi connectivity index (χ1v) is 20.9. The van der Waals surface area contributed by atoms with Gasteiger partial charge in [-0.25, -0.2) is 14.8 Å². The molecule has 58 heavy (non-hydrogen) atoms. The number of rotatable bonds is 10. The van der Waals surface area contributed by atoms with E-state index in [0.29, 0.717) is 18.5 Å². The summed E-state index contributed by atoms with van der Waals surface area (Å²) in [5.41, 5.74) is 7.04. The molecule has 2 fully saturated rings. The lowest BCUT2D eigenvalue weighted by atomic mass is 10.0. The molecule has 0 spiro atoms. The summed E-state index contributed by atoms with van der Waals surface area (Å²) in [6, 6.07) is 34.9. The van der Waals surface area contributed by atoms with Gasteiger partial charge >= 0.3 is 6.09 Å². The number of aromatic amines is 1. The zero-order chi connectivity index (χ0) is 40.2. The van der Waals surface area contributed by atoms with Crippen molar-refractivity contribution in [1.82, 2.24) is 30.1 Å². The lowest BCUT2D eigenvalue weighted by molar-refractivity contribution is -0.134. The van der Waals surface area contributed by atoms with Gasteiger partial charge < -0.3 is 24.8 Å². The minimum atomic E-state index is -0.875. The molecule has 2 aromatic heterocycles. The van der Waals surface area contributed by atoms with Crippen LogP contribution in [-0.4, -0.2) is 61.3 Å². The fourth-order valence-corrected chi connectivity index (χ4v) is 8.91. The molecular formula is C47H48N6O4S. The molecule has 0 aliphatic carbocycles. The Labute approximate surface area is 343 Å². The molecule has 10 nitrogen and oxygen atoms in total. The maximum absolute atomic E-state index is 14.1. The number of benzene rings is 4. The number of hydrogen-bond acceptors (Lipinski definition) is 7. The third kappa shape index (κ3) is 8.74. The molecule has 4 aromatic carbocycles. The summed E-state index contributed by atoms with van der Waals surface area (Å²) in [4.78, 5) is 57.3. The number of carbonyl (C=O) groups is 3. The van der Waals surface area contributed by atoms with Crippen molar-refractivity contribution in [3.63, 3.8) is 0 Å². The largest absolute Gasteiger partial charge is 0.444 e. The number of alkyl carbamates (subject to hydrolysis) is 1. The summed E-state index contributed by atoms with van der Waals surface area (Å²) < 4.78 is 5.52. The van der Waals surface area contributed by atoms with Gasteiger partial charge in [0.25, 0.3) is 5.91 Å². The van der Waals surface area contributed by atoms with Crippen molar-refractivity contribution >= 4 is 29.2 Å². The number of thiazole rings is 1. The van der Waals surface area contributed by atoms with Crippen LogP contribution in [0.25, 0.3) is 33.6 Å². The van der Waals surface area contributed by atoms with Gasteiger partial charge in [-0.05, 0) is 74.3 Å². The molecule has 11 heteroatoms. The number of imidazole rings is 1. The van der Waals surface area contributed by atoms with E-state index in [1.165, 1.54) is 0 Å². The molecule has 2 aliphatic heterocycles. The molecule has 0 bridgehead atoms. The molecule has 2 aliphatic rings. The van der Waals surface area contributed by atoms with Gasteiger partial charge in [0.1, 0.15) is 22.5 Å². The molecule has 3 amide bonds. The van der Waals surface area contributed by atoms with Gasteiger partial charge in [0.15, 0.2) is 0 Å². The van der Waals surface area contributed by atoms with Crippen LogP contribution in [0.1, 0.15) is 86.5 Å². The van der Waals surface area contributed by atoms with Crippen molar-refractivity contribution in [3.8, 4) is 33.6 Å². The number of likely N-dealkylation sites (tertiary alicyclic amines) is 2. The Bertz CT molecular complexity index is 2350. The second kappa shape index (κ2) is 16.8. The van der Waals surface area contributed by atoms with E-state index >= 15 is 0 Å². The van der Waals surface area contributed by atoms with E-state index in [0.717, 1.165) is 82.3 Å². The van der Waals surface area contributed by atoms with Gasteiger partial charge in [0.2, 0.25) is 5.91 Å². The monoisotopic (exact) mass is 792 g/mol. The summed E-state index contributed by atoms with van der Waals surface area (Å²) in [6.45, 7) is 6.73. The fraction of sp³-hybridized carbons (Fsp3) is 0.298. The predicted molar refractivity (Wildman–Crippen MR) is 227 cm³/mol. The highest BCUT2D eigenvalue weighted by Crippen LogP contribution is 2.38. The van der Waals surface area contributed by atoms with Crippen LogP contribution in [0.4, 0.5) is 4.79 Å². The second-order valence-electron chi connectivity index (χ2n) is 16.0. The maximum atomic E-state index is 14.1. The third-order valence-electron chi connectivity index (χ3n) is 10.8. The molecule has 8 rings (SSSR count). The Morgan fingerprint density at radius 1 is 0.793 bits per heavy atom. The standard InChI is InChI=1S/C47H48N6O4S/c1-47(2,3)57-46(56)51-42(36-14-8-5-9-15-36)45(55)53-27-11-17-40(53)44-50-38(30-58-44)35-24-20-33(21-25-35)32-18-22-34(23-19-32)37-29-48-43(49-37)39-16-10-26-52(39)41(54)28-31-12-6-4-7-13-31/h4-9,12-15,18-25,29-30,39-40,42H,10-11,16-17,26-28H2,1-3H3,(H,48,49)(H,51,56)/t39-,40-,42+/m0/s1. The molecule has 2 N–H and O–H groups in total. The number of amides is 3. The number of H-pyrrole nitrogens is 1. The number of carbonyl (C=O) groups excluding carboxylic acids is 3. The van der Waals surface area contributed by atoms with Crippen LogP contribution in [-0.2, 0) is 20.7 Å². The first kappa shape index (κ1) is 38.8. The van der Waals surface area contributed by atoms with E-state index in [1.54, 1.807) is 32.1 Å². The third-order valence-corrected chi connectivity index (χ3v) is 11.7. The van der Waals surface area contributed by atoms with E-state index in [4.69, 9.17) is 14.7 Å². The van der Waals surface area contributed by atoms with Crippen LogP contribution in [0.15, 0.2) is 121 Å². The van der Waals surface area contributed by atoms with Crippen molar-refractivity contribution in [1.29, 1.82) is 0 Å². The van der Waals surface area contributed by atoms with Crippen molar-refractivity contribution in [2.75, 3.05) is 13.1 Å².